The second-order valence-corrected chi connectivity index (χ2v) is 7.06. The molecule has 2 saturated heterocycles. The summed E-state index contributed by atoms with van der Waals surface area (Å²) in [4.78, 5) is 29.1. The van der Waals surface area contributed by atoms with Crippen LogP contribution < -0.4 is 10.5 Å². The number of hydrogen-bond donors (Lipinski definition) is 0. The van der Waals surface area contributed by atoms with Crippen molar-refractivity contribution in [2.45, 2.75) is 13.0 Å². The summed E-state index contributed by atoms with van der Waals surface area (Å²) in [6.07, 6.45) is 2.54. The molecule has 27 heavy (non-hydrogen) atoms. The van der Waals surface area contributed by atoms with Gasteiger partial charge in [-0.25, -0.2) is 4.68 Å². The molecule has 1 atom stereocenters. The van der Waals surface area contributed by atoms with E-state index < -0.39 is 0 Å². The number of anilines is 1. The topological polar surface area (TPSA) is 67.7 Å². The molecule has 0 aliphatic carbocycles. The summed E-state index contributed by atoms with van der Waals surface area (Å²) in [5.41, 5.74) is 1.71. The van der Waals surface area contributed by atoms with Gasteiger partial charge in [0.1, 0.15) is 0 Å². The first-order chi connectivity index (χ1) is 13.2. The minimum absolute atomic E-state index is 0.0187. The van der Waals surface area contributed by atoms with Crippen LogP contribution in [0.2, 0.25) is 0 Å². The van der Waals surface area contributed by atoms with E-state index in [0.29, 0.717) is 39.4 Å². The summed E-state index contributed by atoms with van der Waals surface area (Å²) in [5.74, 6) is 0.182. The van der Waals surface area contributed by atoms with Gasteiger partial charge in [-0.3, -0.25) is 9.59 Å². The Bertz CT molecular complexity index is 846. The zero-order valence-corrected chi connectivity index (χ0v) is 15.3. The molecule has 1 aromatic carbocycles. The first kappa shape index (κ1) is 17.7. The van der Waals surface area contributed by atoms with E-state index in [9.17, 15) is 9.59 Å². The Morgan fingerprint density at radius 2 is 1.93 bits per heavy atom. The van der Waals surface area contributed by atoms with Gasteiger partial charge in [0.05, 0.1) is 37.6 Å². The minimum atomic E-state index is -0.126. The molecule has 0 unspecified atom stereocenters. The van der Waals surface area contributed by atoms with E-state index in [4.69, 9.17) is 4.74 Å². The Kier molecular flexibility index (Phi) is 5.20. The van der Waals surface area contributed by atoms with E-state index in [1.165, 1.54) is 4.68 Å². The van der Waals surface area contributed by atoms with Gasteiger partial charge in [0.15, 0.2) is 0 Å². The van der Waals surface area contributed by atoms with Crippen molar-refractivity contribution in [3.8, 4) is 0 Å². The van der Waals surface area contributed by atoms with Gasteiger partial charge in [-0.05, 0) is 12.0 Å². The van der Waals surface area contributed by atoms with Crippen molar-refractivity contribution in [3.63, 3.8) is 0 Å². The smallest absolute Gasteiger partial charge is 0.269 e. The van der Waals surface area contributed by atoms with E-state index in [0.717, 1.165) is 24.2 Å². The summed E-state index contributed by atoms with van der Waals surface area (Å²) < 4.78 is 6.78. The number of rotatable bonds is 4. The molecule has 142 valence electrons. The highest BCUT2D eigenvalue weighted by molar-refractivity contribution is 5.80. The van der Waals surface area contributed by atoms with Crippen LogP contribution in [0.25, 0.3) is 0 Å². The van der Waals surface area contributed by atoms with Crippen molar-refractivity contribution in [1.82, 2.24) is 14.7 Å². The standard InChI is InChI=1S/C20H24N4O3/c25-19-12-18(13-21-24(19)14-16-4-2-1-3-5-16)23-7-6-17(15-23)20(26)22-8-10-27-11-9-22/h1-5,12-13,17H,6-11,14-15H2/t17-/m0/s1. The van der Waals surface area contributed by atoms with Crippen molar-refractivity contribution >= 4 is 11.6 Å². The number of aromatic nitrogens is 2. The zero-order valence-electron chi connectivity index (χ0n) is 15.3. The van der Waals surface area contributed by atoms with E-state index >= 15 is 0 Å². The van der Waals surface area contributed by atoms with Gasteiger partial charge in [-0.15, -0.1) is 0 Å². The molecular weight excluding hydrogens is 344 g/mol. The molecule has 2 aromatic rings. The van der Waals surface area contributed by atoms with Gasteiger partial charge < -0.3 is 14.5 Å². The predicted octanol–water partition coefficient (Wildman–Crippen LogP) is 0.977. The van der Waals surface area contributed by atoms with Crippen LogP contribution in [0.15, 0.2) is 47.4 Å². The molecule has 0 radical (unpaired) electrons. The Balaban J connectivity index is 1.41. The number of carbonyl (C=O) groups excluding carboxylic acids is 1. The maximum Gasteiger partial charge on any atom is 0.269 e. The number of nitrogens with zero attached hydrogens (tertiary/aromatic N) is 4. The first-order valence-corrected chi connectivity index (χ1v) is 9.43. The quantitative estimate of drug-likeness (QED) is 0.805. The number of hydrogen-bond acceptors (Lipinski definition) is 5. The molecule has 0 bridgehead atoms. The predicted molar refractivity (Wildman–Crippen MR) is 102 cm³/mol. The van der Waals surface area contributed by atoms with Gasteiger partial charge in [0.25, 0.3) is 5.56 Å². The Hall–Kier alpha value is -2.67. The van der Waals surface area contributed by atoms with Crippen LogP contribution >= 0.6 is 0 Å². The second kappa shape index (κ2) is 7.92. The van der Waals surface area contributed by atoms with E-state index in [2.05, 4.69) is 10.00 Å². The number of benzene rings is 1. The van der Waals surface area contributed by atoms with Crippen LogP contribution in [-0.4, -0.2) is 60.0 Å². The molecular formula is C20H24N4O3. The van der Waals surface area contributed by atoms with Gasteiger partial charge in [0.2, 0.25) is 5.91 Å². The molecule has 2 fully saturated rings. The summed E-state index contributed by atoms with van der Waals surface area (Å²) in [5, 5.41) is 4.33. The lowest BCUT2D eigenvalue weighted by atomic mass is 10.1. The fraction of sp³-hybridized carbons (Fsp3) is 0.450. The molecule has 1 amide bonds. The van der Waals surface area contributed by atoms with Crippen molar-refractivity contribution in [3.05, 3.63) is 58.5 Å². The lowest BCUT2D eigenvalue weighted by molar-refractivity contribution is -0.138. The number of ether oxygens (including phenoxy) is 1. The Morgan fingerprint density at radius 1 is 1.15 bits per heavy atom. The summed E-state index contributed by atoms with van der Waals surface area (Å²) in [6.45, 7) is 4.44. The Morgan fingerprint density at radius 3 is 2.67 bits per heavy atom. The van der Waals surface area contributed by atoms with Crippen LogP contribution in [0.1, 0.15) is 12.0 Å². The fourth-order valence-corrected chi connectivity index (χ4v) is 3.71. The van der Waals surface area contributed by atoms with Crippen molar-refractivity contribution < 1.29 is 9.53 Å². The van der Waals surface area contributed by atoms with E-state index in [-0.39, 0.29) is 17.4 Å². The van der Waals surface area contributed by atoms with Crippen LogP contribution in [0.4, 0.5) is 5.69 Å². The number of morpholine rings is 1. The van der Waals surface area contributed by atoms with Crippen LogP contribution in [0.3, 0.4) is 0 Å². The molecule has 7 heteroatoms. The largest absolute Gasteiger partial charge is 0.378 e. The van der Waals surface area contributed by atoms with Crippen molar-refractivity contribution in [2.24, 2.45) is 5.92 Å². The Labute approximate surface area is 158 Å². The van der Waals surface area contributed by atoms with Crippen LogP contribution in [0.5, 0.6) is 0 Å². The third-order valence-corrected chi connectivity index (χ3v) is 5.26. The molecule has 3 heterocycles. The van der Waals surface area contributed by atoms with Gasteiger partial charge in [-0.1, -0.05) is 30.3 Å². The van der Waals surface area contributed by atoms with Crippen LogP contribution in [-0.2, 0) is 16.1 Å². The molecule has 1 aromatic heterocycles. The molecule has 0 N–H and O–H groups in total. The van der Waals surface area contributed by atoms with E-state index in [1.54, 1.807) is 12.3 Å². The number of carbonyl (C=O) groups is 1. The zero-order chi connectivity index (χ0) is 18.6. The normalized spacial score (nSPS) is 20.1. The average Bonchev–Trinajstić information content (AvgIpc) is 3.21. The minimum Gasteiger partial charge on any atom is -0.378 e. The van der Waals surface area contributed by atoms with Gasteiger partial charge in [-0.2, -0.15) is 5.10 Å². The highest BCUT2D eigenvalue weighted by Crippen LogP contribution is 2.24. The molecule has 7 nitrogen and oxygen atoms in total. The van der Waals surface area contributed by atoms with Gasteiger partial charge in [0, 0.05) is 32.2 Å². The average molecular weight is 368 g/mol. The molecule has 2 aliphatic rings. The monoisotopic (exact) mass is 368 g/mol. The summed E-state index contributed by atoms with van der Waals surface area (Å²) in [6, 6.07) is 11.4. The van der Waals surface area contributed by atoms with Crippen molar-refractivity contribution in [1.29, 1.82) is 0 Å². The molecule has 4 rings (SSSR count). The maximum atomic E-state index is 12.7. The van der Waals surface area contributed by atoms with Crippen LogP contribution in [0, 0.1) is 5.92 Å². The second-order valence-electron chi connectivity index (χ2n) is 7.06. The fourth-order valence-electron chi connectivity index (χ4n) is 3.71. The maximum absolute atomic E-state index is 12.7. The third kappa shape index (κ3) is 4.03. The summed E-state index contributed by atoms with van der Waals surface area (Å²) >= 11 is 0. The van der Waals surface area contributed by atoms with E-state index in [1.807, 2.05) is 35.2 Å². The highest BCUT2D eigenvalue weighted by atomic mass is 16.5. The molecule has 0 spiro atoms. The highest BCUT2D eigenvalue weighted by Gasteiger charge is 2.32. The molecule has 2 aliphatic heterocycles. The molecule has 0 saturated carbocycles. The van der Waals surface area contributed by atoms with Crippen molar-refractivity contribution in [2.75, 3.05) is 44.3 Å². The van der Waals surface area contributed by atoms with Gasteiger partial charge >= 0.3 is 0 Å². The number of amides is 1. The lowest BCUT2D eigenvalue weighted by Gasteiger charge is -2.29. The summed E-state index contributed by atoms with van der Waals surface area (Å²) in [7, 11) is 0. The first-order valence-electron chi connectivity index (χ1n) is 9.43. The SMILES string of the molecule is O=C([C@H]1CCN(c2cnn(Cc3ccccc3)c(=O)c2)C1)N1CCOCC1. The lowest BCUT2D eigenvalue weighted by Crippen LogP contribution is -2.44. The third-order valence-electron chi connectivity index (χ3n) is 5.26.